The van der Waals surface area contributed by atoms with E-state index in [-0.39, 0.29) is 12.4 Å². The van der Waals surface area contributed by atoms with Gasteiger partial charge in [0.15, 0.2) is 11.5 Å². The van der Waals surface area contributed by atoms with E-state index in [0.29, 0.717) is 57.2 Å². The number of methoxy groups -OCH3 is 1. The van der Waals surface area contributed by atoms with Gasteiger partial charge in [0.1, 0.15) is 12.4 Å². The molecule has 3 aromatic carbocycles. The molecule has 0 heterocycles. The first-order chi connectivity index (χ1) is 14.5. The van der Waals surface area contributed by atoms with Crippen LogP contribution in [0.15, 0.2) is 54.6 Å². The summed E-state index contributed by atoms with van der Waals surface area (Å²) in [6, 6.07) is 15.6. The number of hydrogen-bond donors (Lipinski definition) is 1. The van der Waals surface area contributed by atoms with Gasteiger partial charge in [-0.2, -0.15) is 0 Å². The molecule has 1 N–H and O–H groups in total. The Hall–Kier alpha value is -1.98. The van der Waals surface area contributed by atoms with E-state index in [1.807, 2.05) is 12.1 Å². The summed E-state index contributed by atoms with van der Waals surface area (Å²) in [5.41, 5.74) is 2.22. The van der Waals surface area contributed by atoms with Gasteiger partial charge in [0.05, 0.1) is 7.11 Å². The van der Waals surface area contributed by atoms with Gasteiger partial charge in [-0.3, -0.25) is 0 Å². The molecule has 0 spiro atoms. The number of rotatable bonds is 9. The third-order valence-corrected chi connectivity index (χ3v) is 5.67. The molecule has 0 saturated carbocycles. The highest BCUT2D eigenvalue weighted by Gasteiger charge is 2.13. The molecule has 0 atom stereocenters. The van der Waals surface area contributed by atoms with E-state index in [1.54, 1.807) is 43.5 Å². The second-order valence-electron chi connectivity index (χ2n) is 6.60. The van der Waals surface area contributed by atoms with Crippen LogP contribution < -0.4 is 14.8 Å². The lowest BCUT2D eigenvalue weighted by molar-refractivity contribution is 0.284. The molecule has 7 heteroatoms. The van der Waals surface area contributed by atoms with Crippen LogP contribution in [0.2, 0.25) is 15.1 Å². The van der Waals surface area contributed by atoms with Gasteiger partial charge in [-0.25, -0.2) is 4.39 Å². The third-order valence-electron chi connectivity index (χ3n) is 4.61. The van der Waals surface area contributed by atoms with Gasteiger partial charge < -0.3 is 14.8 Å². The van der Waals surface area contributed by atoms with Crippen LogP contribution in [-0.2, 0) is 19.6 Å². The molecule has 0 aromatic heterocycles. The molecule has 3 nitrogen and oxygen atoms in total. The molecular formula is C23H21Cl3FNO2. The van der Waals surface area contributed by atoms with Gasteiger partial charge in [0, 0.05) is 33.2 Å². The first kappa shape index (κ1) is 22.7. The predicted octanol–water partition coefficient (Wildman–Crippen LogP) is 6.71. The monoisotopic (exact) mass is 467 g/mol. The summed E-state index contributed by atoms with van der Waals surface area (Å²) in [6.45, 7) is 1.31. The molecule has 0 aliphatic rings. The fourth-order valence-corrected chi connectivity index (χ4v) is 3.68. The summed E-state index contributed by atoms with van der Waals surface area (Å²) in [4.78, 5) is 0. The lowest BCUT2D eigenvalue weighted by atomic mass is 10.1. The zero-order valence-electron chi connectivity index (χ0n) is 16.4. The summed E-state index contributed by atoms with van der Waals surface area (Å²) in [7, 11) is 1.56. The number of benzene rings is 3. The van der Waals surface area contributed by atoms with Gasteiger partial charge in [-0.1, -0.05) is 59.1 Å². The second-order valence-corrected chi connectivity index (χ2v) is 7.82. The SMILES string of the molecule is COc1cc(CNCCc2ccccc2F)c(Cl)cc1OCc1c(Cl)cccc1Cl. The Balaban J connectivity index is 1.63. The van der Waals surface area contributed by atoms with Crippen molar-refractivity contribution in [3.8, 4) is 11.5 Å². The van der Waals surface area contributed by atoms with Gasteiger partial charge >= 0.3 is 0 Å². The Bertz CT molecular complexity index is 993. The van der Waals surface area contributed by atoms with E-state index >= 15 is 0 Å². The van der Waals surface area contributed by atoms with Crippen LogP contribution in [0, 0.1) is 5.82 Å². The first-order valence-corrected chi connectivity index (χ1v) is 10.5. The topological polar surface area (TPSA) is 30.5 Å². The van der Waals surface area contributed by atoms with Crippen LogP contribution in [0.4, 0.5) is 4.39 Å². The second kappa shape index (κ2) is 10.9. The van der Waals surface area contributed by atoms with Crippen LogP contribution in [0.3, 0.4) is 0 Å². The van der Waals surface area contributed by atoms with Crippen molar-refractivity contribution in [3.63, 3.8) is 0 Å². The summed E-state index contributed by atoms with van der Waals surface area (Å²) in [5.74, 6) is 0.848. The van der Waals surface area contributed by atoms with Crippen molar-refractivity contribution in [3.05, 3.63) is 92.2 Å². The number of nitrogens with one attached hydrogen (secondary N) is 1. The maximum atomic E-state index is 13.7. The van der Waals surface area contributed by atoms with Gasteiger partial charge in [0.2, 0.25) is 0 Å². The van der Waals surface area contributed by atoms with Gasteiger partial charge in [-0.05, 0) is 48.4 Å². The summed E-state index contributed by atoms with van der Waals surface area (Å²) in [5, 5.41) is 4.88. The zero-order chi connectivity index (χ0) is 21.5. The van der Waals surface area contributed by atoms with E-state index in [1.165, 1.54) is 6.07 Å². The Labute approximate surface area is 190 Å². The largest absolute Gasteiger partial charge is 0.493 e. The Morgan fingerprint density at radius 3 is 2.30 bits per heavy atom. The molecule has 0 radical (unpaired) electrons. The van der Waals surface area contributed by atoms with Crippen LogP contribution in [0.5, 0.6) is 11.5 Å². The van der Waals surface area contributed by atoms with Crippen LogP contribution in [0.1, 0.15) is 16.7 Å². The van der Waals surface area contributed by atoms with Crippen molar-refractivity contribution in [1.29, 1.82) is 0 Å². The maximum absolute atomic E-state index is 13.7. The van der Waals surface area contributed by atoms with E-state index in [4.69, 9.17) is 44.3 Å². The minimum atomic E-state index is -0.195. The Kier molecular flexibility index (Phi) is 8.23. The average molecular weight is 469 g/mol. The van der Waals surface area contributed by atoms with Gasteiger partial charge in [0.25, 0.3) is 0 Å². The molecule has 3 aromatic rings. The summed E-state index contributed by atoms with van der Waals surface area (Å²) >= 11 is 18.8. The number of hydrogen-bond acceptors (Lipinski definition) is 3. The highest BCUT2D eigenvalue weighted by molar-refractivity contribution is 6.36. The van der Waals surface area contributed by atoms with Crippen molar-refractivity contribution in [2.45, 2.75) is 19.6 Å². The van der Waals surface area contributed by atoms with Crippen molar-refractivity contribution in [1.82, 2.24) is 5.32 Å². The summed E-state index contributed by atoms with van der Waals surface area (Å²) < 4.78 is 25.0. The molecule has 0 unspecified atom stereocenters. The normalized spacial score (nSPS) is 10.8. The fourth-order valence-electron chi connectivity index (χ4n) is 2.95. The van der Waals surface area contributed by atoms with Gasteiger partial charge in [-0.15, -0.1) is 0 Å². The van der Waals surface area contributed by atoms with E-state index < -0.39 is 0 Å². The molecule has 0 fully saturated rings. The zero-order valence-corrected chi connectivity index (χ0v) is 18.6. The number of ether oxygens (including phenoxy) is 2. The van der Waals surface area contributed by atoms with E-state index in [9.17, 15) is 4.39 Å². The summed E-state index contributed by atoms with van der Waals surface area (Å²) in [6.07, 6.45) is 0.585. The third kappa shape index (κ3) is 5.79. The smallest absolute Gasteiger partial charge is 0.163 e. The molecule has 0 saturated heterocycles. The molecular weight excluding hydrogens is 448 g/mol. The van der Waals surface area contributed by atoms with Crippen molar-refractivity contribution in [2.24, 2.45) is 0 Å². The van der Waals surface area contributed by atoms with E-state index in [0.717, 1.165) is 5.56 Å². The molecule has 158 valence electrons. The molecule has 0 aliphatic heterocycles. The minimum absolute atomic E-state index is 0.186. The van der Waals surface area contributed by atoms with Crippen LogP contribution in [-0.4, -0.2) is 13.7 Å². The minimum Gasteiger partial charge on any atom is -0.493 e. The average Bonchev–Trinajstić information content (AvgIpc) is 2.73. The Morgan fingerprint density at radius 1 is 0.867 bits per heavy atom. The standard InChI is InChI=1S/C23H21Cl3FNO2/c1-29-22-11-16(13-28-10-9-15-5-2-3-8-21(15)27)20(26)12-23(22)30-14-17-18(24)6-4-7-19(17)25/h2-8,11-12,28H,9-10,13-14H2,1H3. The van der Waals surface area contributed by atoms with Crippen molar-refractivity contribution >= 4 is 34.8 Å². The lowest BCUT2D eigenvalue weighted by Gasteiger charge is -2.15. The molecule has 3 rings (SSSR count). The Morgan fingerprint density at radius 2 is 1.60 bits per heavy atom. The highest BCUT2D eigenvalue weighted by Crippen LogP contribution is 2.35. The lowest BCUT2D eigenvalue weighted by Crippen LogP contribution is -2.17. The predicted molar refractivity (Wildman–Crippen MR) is 121 cm³/mol. The first-order valence-electron chi connectivity index (χ1n) is 9.35. The molecule has 0 amide bonds. The maximum Gasteiger partial charge on any atom is 0.163 e. The number of halogens is 4. The van der Waals surface area contributed by atoms with Crippen molar-refractivity contribution < 1.29 is 13.9 Å². The quantitative estimate of drug-likeness (QED) is 0.354. The molecule has 0 bridgehead atoms. The van der Waals surface area contributed by atoms with E-state index in [2.05, 4.69) is 5.32 Å². The van der Waals surface area contributed by atoms with Crippen LogP contribution in [0.25, 0.3) is 0 Å². The van der Waals surface area contributed by atoms with Crippen molar-refractivity contribution in [2.75, 3.05) is 13.7 Å². The molecule has 30 heavy (non-hydrogen) atoms. The highest BCUT2D eigenvalue weighted by atomic mass is 35.5. The molecule has 0 aliphatic carbocycles. The van der Waals surface area contributed by atoms with Crippen LogP contribution >= 0.6 is 34.8 Å². The fraction of sp³-hybridized carbons (Fsp3) is 0.217.